The van der Waals surface area contributed by atoms with Gasteiger partial charge in [-0.2, -0.15) is 0 Å². The van der Waals surface area contributed by atoms with Gasteiger partial charge in [0.25, 0.3) is 0 Å². The Morgan fingerprint density at radius 3 is 2.82 bits per heavy atom. The average Bonchev–Trinajstić information content (AvgIpc) is 2.05. The van der Waals surface area contributed by atoms with E-state index in [1.165, 1.54) is 0 Å². The second kappa shape index (κ2) is 3.69. The summed E-state index contributed by atoms with van der Waals surface area (Å²) in [6.07, 6.45) is 1.75. The normalized spacial score (nSPS) is 9.64. The van der Waals surface area contributed by atoms with Gasteiger partial charge >= 0.3 is 0 Å². The second-order valence-electron chi connectivity index (χ2n) is 2.18. The molecule has 11 heavy (non-hydrogen) atoms. The molecule has 0 spiro atoms. The molecule has 0 aromatic heterocycles. The molecule has 0 aliphatic carbocycles. The standard InChI is InChI=1S/C9H9BrO/c1-2-7-4-3-5-8(6-11)9(7)10/h2-5,11H,1,6H2. The molecule has 1 aromatic rings. The van der Waals surface area contributed by atoms with Crippen LogP contribution in [0.2, 0.25) is 0 Å². The molecule has 2 heteroatoms. The molecule has 0 bridgehead atoms. The van der Waals surface area contributed by atoms with Crippen molar-refractivity contribution in [3.8, 4) is 0 Å². The number of hydrogen-bond acceptors (Lipinski definition) is 1. The highest BCUT2D eigenvalue weighted by Crippen LogP contribution is 2.22. The van der Waals surface area contributed by atoms with E-state index in [4.69, 9.17) is 5.11 Å². The zero-order valence-electron chi connectivity index (χ0n) is 6.05. The Kier molecular flexibility index (Phi) is 2.85. The summed E-state index contributed by atoms with van der Waals surface area (Å²) in [5.74, 6) is 0. The summed E-state index contributed by atoms with van der Waals surface area (Å²) < 4.78 is 0.928. The van der Waals surface area contributed by atoms with Gasteiger partial charge in [-0.05, 0) is 27.1 Å². The van der Waals surface area contributed by atoms with Crippen LogP contribution in [0, 0.1) is 0 Å². The highest BCUT2D eigenvalue weighted by molar-refractivity contribution is 9.10. The maximum absolute atomic E-state index is 8.87. The van der Waals surface area contributed by atoms with Crippen molar-refractivity contribution in [3.63, 3.8) is 0 Å². The number of halogens is 1. The number of hydrogen-bond donors (Lipinski definition) is 1. The fraction of sp³-hybridized carbons (Fsp3) is 0.111. The highest BCUT2D eigenvalue weighted by Gasteiger charge is 2.00. The van der Waals surface area contributed by atoms with Gasteiger partial charge in [-0.25, -0.2) is 0 Å². The van der Waals surface area contributed by atoms with Crippen molar-refractivity contribution in [2.24, 2.45) is 0 Å². The molecule has 0 unspecified atom stereocenters. The Labute approximate surface area is 74.5 Å². The molecular formula is C9H9BrO. The van der Waals surface area contributed by atoms with Gasteiger partial charge in [-0.3, -0.25) is 0 Å². The van der Waals surface area contributed by atoms with Crippen molar-refractivity contribution in [2.75, 3.05) is 0 Å². The minimum atomic E-state index is 0.0578. The average molecular weight is 213 g/mol. The van der Waals surface area contributed by atoms with E-state index in [1.807, 2.05) is 18.2 Å². The fourth-order valence-electron chi connectivity index (χ4n) is 0.879. The number of aliphatic hydroxyl groups is 1. The molecule has 0 saturated carbocycles. The summed E-state index contributed by atoms with van der Waals surface area (Å²) >= 11 is 3.37. The Hall–Kier alpha value is -0.600. The summed E-state index contributed by atoms with van der Waals surface area (Å²) in [4.78, 5) is 0. The Morgan fingerprint density at radius 2 is 2.27 bits per heavy atom. The van der Waals surface area contributed by atoms with Gasteiger partial charge < -0.3 is 5.11 Å². The van der Waals surface area contributed by atoms with Crippen molar-refractivity contribution in [2.45, 2.75) is 6.61 Å². The van der Waals surface area contributed by atoms with Crippen LogP contribution in [0.4, 0.5) is 0 Å². The van der Waals surface area contributed by atoms with Crippen molar-refractivity contribution in [3.05, 3.63) is 40.4 Å². The number of aliphatic hydroxyl groups excluding tert-OH is 1. The lowest BCUT2D eigenvalue weighted by molar-refractivity contribution is 0.281. The summed E-state index contributed by atoms with van der Waals surface area (Å²) in [6.45, 7) is 3.71. The van der Waals surface area contributed by atoms with E-state index in [-0.39, 0.29) is 6.61 Å². The van der Waals surface area contributed by atoms with E-state index in [0.29, 0.717) is 0 Å². The second-order valence-corrected chi connectivity index (χ2v) is 2.98. The maximum atomic E-state index is 8.87. The topological polar surface area (TPSA) is 20.2 Å². The maximum Gasteiger partial charge on any atom is 0.0693 e. The first kappa shape index (κ1) is 8.50. The zero-order chi connectivity index (χ0) is 8.27. The van der Waals surface area contributed by atoms with Crippen molar-refractivity contribution in [1.82, 2.24) is 0 Å². The smallest absolute Gasteiger partial charge is 0.0693 e. The molecular weight excluding hydrogens is 204 g/mol. The van der Waals surface area contributed by atoms with Crippen LogP contribution in [-0.4, -0.2) is 5.11 Å². The molecule has 0 aliphatic heterocycles. The lowest BCUT2D eigenvalue weighted by Crippen LogP contribution is -1.86. The van der Waals surface area contributed by atoms with Gasteiger partial charge in [0, 0.05) is 4.47 Å². The van der Waals surface area contributed by atoms with Crippen LogP contribution in [0.5, 0.6) is 0 Å². The Morgan fingerprint density at radius 1 is 1.55 bits per heavy atom. The molecule has 58 valence electrons. The molecule has 0 aliphatic rings. The molecule has 1 rings (SSSR count). The first-order chi connectivity index (χ1) is 5.29. The lowest BCUT2D eigenvalue weighted by Gasteiger charge is -2.02. The Bertz CT molecular complexity index is 268. The largest absolute Gasteiger partial charge is 0.392 e. The summed E-state index contributed by atoms with van der Waals surface area (Å²) in [5, 5.41) is 8.87. The predicted octanol–water partition coefficient (Wildman–Crippen LogP) is 2.58. The van der Waals surface area contributed by atoms with E-state index in [2.05, 4.69) is 22.5 Å². The molecule has 1 N–H and O–H groups in total. The van der Waals surface area contributed by atoms with Gasteiger partial charge in [0.2, 0.25) is 0 Å². The minimum Gasteiger partial charge on any atom is -0.392 e. The third kappa shape index (κ3) is 1.70. The lowest BCUT2D eigenvalue weighted by atomic mass is 10.1. The van der Waals surface area contributed by atoms with Crippen molar-refractivity contribution in [1.29, 1.82) is 0 Å². The van der Waals surface area contributed by atoms with Crippen LogP contribution < -0.4 is 0 Å². The Balaban J connectivity index is 3.20. The van der Waals surface area contributed by atoms with Crippen LogP contribution in [0.25, 0.3) is 6.08 Å². The quantitative estimate of drug-likeness (QED) is 0.800. The van der Waals surface area contributed by atoms with E-state index in [9.17, 15) is 0 Å². The highest BCUT2D eigenvalue weighted by atomic mass is 79.9. The van der Waals surface area contributed by atoms with E-state index in [1.54, 1.807) is 6.08 Å². The monoisotopic (exact) mass is 212 g/mol. The van der Waals surface area contributed by atoms with Gasteiger partial charge in [0.15, 0.2) is 0 Å². The minimum absolute atomic E-state index is 0.0578. The van der Waals surface area contributed by atoms with Crippen LogP contribution in [0.15, 0.2) is 29.3 Å². The van der Waals surface area contributed by atoms with Gasteiger partial charge in [-0.1, -0.05) is 30.9 Å². The molecule has 0 radical (unpaired) electrons. The molecule has 0 saturated heterocycles. The number of rotatable bonds is 2. The zero-order valence-corrected chi connectivity index (χ0v) is 7.63. The number of benzene rings is 1. The van der Waals surface area contributed by atoms with E-state index < -0.39 is 0 Å². The van der Waals surface area contributed by atoms with Gasteiger partial charge in [-0.15, -0.1) is 0 Å². The fourth-order valence-corrected chi connectivity index (χ4v) is 1.43. The molecule has 0 amide bonds. The van der Waals surface area contributed by atoms with Crippen molar-refractivity contribution < 1.29 is 5.11 Å². The summed E-state index contributed by atoms with van der Waals surface area (Å²) in [5.41, 5.74) is 1.90. The van der Waals surface area contributed by atoms with E-state index in [0.717, 1.165) is 15.6 Å². The van der Waals surface area contributed by atoms with Gasteiger partial charge in [0.1, 0.15) is 0 Å². The van der Waals surface area contributed by atoms with Crippen molar-refractivity contribution >= 4 is 22.0 Å². The third-order valence-corrected chi connectivity index (χ3v) is 2.47. The third-order valence-electron chi connectivity index (χ3n) is 1.50. The first-order valence-corrected chi connectivity index (χ1v) is 4.09. The molecule has 0 heterocycles. The first-order valence-electron chi connectivity index (χ1n) is 3.30. The van der Waals surface area contributed by atoms with Crippen LogP contribution in [0.3, 0.4) is 0 Å². The molecule has 0 fully saturated rings. The van der Waals surface area contributed by atoms with Crippen LogP contribution in [-0.2, 0) is 6.61 Å². The molecule has 1 nitrogen and oxygen atoms in total. The van der Waals surface area contributed by atoms with Crippen LogP contribution >= 0.6 is 15.9 Å². The summed E-state index contributed by atoms with van der Waals surface area (Å²) in [6, 6.07) is 5.71. The summed E-state index contributed by atoms with van der Waals surface area (Å²) in [7, 11) is 0. The SMILES string of the molecule is C=Cc1cccc(CO)c1Br. The van der Waals surface area contributed by atoms with Gasteiger partial charge in [0.05, 0.1) is 6.61 Å². The predicted molar refractivity (Wildman–Crippen MR) is 50.2 cm³/mol. The molecule has 0 atom stereocenters. The van der Waals surface area contributed by atoms with E-state index >= 15 is 0 Å². The molecule has 1 aromatic carbocycles. The van der Waals surface area contributed by atoms with Crippen LogP contribution in [0.1, 0.15) is 11.1 Å².